The Morgan fingerprint density at radius 2 is 2.31 bits per heavy atom. The van der Waals surface area contributed by atoms with E-state index in [1.807, 2.05) is 18.8 Å². The first-order valence-electron chi connectivity index (χ1n) is 5.45. The molecular weight excluding hydrogens is 226 g/mol. The summed E-state index contributed by atoms with van der Waals surface area (Å²) in [5.41, 5.74) is 4.90. The van der Waals surface area contributed by atoms with Crippen molar-refractivity contribution in [2.24, 2.45) is 16.3 Å². The van der Waals surface area contributed by atoms with Gasteiger partial charge in [-0.25, -0.2) is 0 Å². The second-order valence-corrected chi connectivity index (χ2v) is 5.65. The summed E-state index contributed by atoms with van der Waals surface area (Å²) in [5, 5.41) is 11.7. The van der Waals surface area contributed by atoms with Crippen molar-refractivity contribution in [3.63, 3.8) is 0 Å². The second kappa shape index (κ2) is 4.16. The van der Waals surface area contributed by atoms with Crippen LogP contribution in [0.25, 0.3) is 0 Å². The molecular formula is C10H17N3O2S. The highest BCUT2D eigenvalue weighted by Crippen LogP contribution is 2.47. The number of carbonyl (C=O) groups excluding carboxylic acids is 1. The third-order valence-corrected chi connectivity index (χ3v) is 4.68. The number of rotatable bonds is 3. The molecule has 1 atom stereocenters. The van der Waals surface area contributed by atoms with Crippen LogP contribution >= 0.6 is 11.8 Å². The topological polar surface area (TPSA) is 78.9 Å². The van der Waals surface area contributed by atoms with E-state index in [0.29, 0.717) is 18.9 Å². The van der Waals surface area contributed by atoms with E-state index in [0.717, 1.165) is 17.9 Å². The Morgan fingerprint density at radius 3 is 2.75 bits per heavy atom. The van der Waals surface area contributed by atoms with Crippen LogP contribution < -0.4 is 5.73 Å². The molecule has 1 aliphatic carbocycles. The predicted octanol–water partition coefficient (Wildman–Crippen LogP) is 0.477. The number of amidine groups is 1. The Morgan fingerprint density at radius 1 is 1.62 bits per heavy atom. The lowest BCUT2D eigenvalue weighted by molar-refractivity contribution is -0.134. The van der Waals surface area contributed by atoms with Gasteiger partial charge in [-0.05, 0) is 25.0 Å². The quantitative estimate of drug-likeness (QED) is 0.327. The van der Waals surface area contributed by atoms with Crippen LogP contribution in [0.1, 0.15) is 19.3 Å². The highest BCUT2D eigenvalue weighted by atomic mass is 32.2. The van der Waals surface area contributed by atoms with E-state index in [2.05, 4.69) is 5.16 Å². The predicted molar refractivity (Wildman–Crippen MR) is 63.6 cm³/mol. The summed E-state index contributed by atoms with van der Waals surface area (Å²) >= 11 is 1.87. The average molecular weight is 243 g/mol. The maximum atomic E-state index is 12.3. The van der Waals surface area contributed by atoms with E-state index in [9.17, 15) is 4.79 Å². The summed E-state index contributed by atoms with van der Waals surface area (Å²) < 4.78 is 0. The van der Waals surface area contributed by atoms with Gasteiger partial charge in [-0.3, -0.25) is 4.79 Å². The minimum Gasteiger partial charge on any atom is -0.409 e. The van der Waals surface area contributed by atoms with Gasteiger partial charge in [-0.15, -0.1) is 0 Å². The van der Waals surface area contributed by atoms with E-state index in [1.54, 1.807) is 4.90 Å². The Balaban J connectivity index is 2.07. The first-order valence-corrected chi connectivity index (χ1v) is 6.60. The minimum absolute atomic E-state index is 0.00954. The summed E-state index contributed by atoms with van der Waals surface area (Å²) in [6, 6.07) is 0.307. The normalized spacial score (nSPS) is 27.8. The summed E-state index contributed by atoms with van der Waals surface area (Å²) in [5.74, 6) is 2.18. The van der Waals surface area contributed by atoms with Gasteiger partial charge in [0.2, 0.25) is 5.91 Å². The first kappa shape index (κ1) is 11.6. The van der Waals surface area contributed by atoms with Crippen LogP contribution in [0.4, 0.5) is 0 Å². The van der Waals surface area contributed by atoms with Gasteiger partial charge in [0.1, 0.15) is 5.41 Å². The van der Waals surface area contributed by atoms with E-state index < -0.39 is 5.41 Å². The van der Waals surface area contributed by atoms with Crippen molar-refractivity contribution in [1.29, 1.82) is 0 Å². The molecule has 1 unspecified atom stereocenters. The van der Waals surface area contributed by atoms with Crippen molar-refractivity contribution in [3.05, 3.63) is 0 Å². The molecule has 0 aromatic rings. The van der Waals surface area contributed by atoms with Crippen molar-refractivity contribution in [3.8, 4) is 0 Å². The fourth-order valence-electron chi connectivity index (χ4n) is 2.13. The third kappa shape index (κ3) is 1.75. The largest absolute Gasteiger partial charge is 0.409 e. The van der Waals surface area contributed by atoms with Crippen LogP contribution in [-0.2, 0) is 4.79 Å². The lowest BCUT2D eigenvalue weighted by atomic mass is 10.0. The molecule has 2 aliphatic rings. The van der Waals surface area contributed by atoms with Gasteiger partial charge in [0.05, 0.1) is 0 Å². The standard InChI is InChI=1S/C10H17N3O2S/c1-13(7-2-5-16-6-7)9(14)10(3-4-10)8(11)12-15/h7,15H,2-6H2,1H3,(H2,11,12). The van der Waals surface area contributed by atoms with Crippen molar-refractivity contribution < 1.29 is 10.0 Å². The SMILES string of the molecule is CN(C(=O)C1(C(N)=NO)CC1)C1CCSC1. The van der Waals surface area contributed by atoms with E-state index in [-0.39, 0.29) is 11.7 Å². The molecule has 0 aromatic heterocycles. The maximum absolute atomic E-state index is 12.3. The molecule has 90 valence electrons. The second-order valence-electron chi connectivity index (χ2n) is 4.50. The average Bonchev–Trinajstić information content (AvgIpc) is 2.94. The molecule has 3 N–H and O–H groups in total. The molecule has 5 nitrogen and oxygen atoms in total. The highest BCUT2D eigenvalue weighted by Gasteiger charge is 2.56. The van der Waals surface area contributed by atoms with Crippen LogP contribution in [0.3, 0.4) is 0 Å². The molecule has 0 aromatic carbocycles. The van der Waals surface area contributed by atoms with Gasteiger partial charge >= 0.3 is 0 Å². The van der Waals surface area contributed by atoms with Crippen LogP contribution in [0, 0.1) is 5.41 Å². The van der Waals surface area contributed by atoms with E-state index in [1.165, 1.54) is 0 Å². The molecule has 1 heterocycles. The van der Waals surface area contributed by atoms with Crippen LogP contribution in [0.2, 0.25) is 0 Å². The fraction of sp³-hybridized carbons (Fsp3) is 0.800. The summed E-state index contributed by atoms with van der Waals surface area (Å²) in [7, 11) is 1.82. The van der Waals surface area contributed by atoms with Gasteiger partial charge in [-0.1, -0.05) is 5.16 Å². The molecule has 1 aliphatic heterocycles. The fourth-order valence-corrected chi connectivity index (χ4v) is 3.40. The minimum atomic E-state index is -0.698. The monoisotopic (exact) mass is 243 g/mol. The zero-order valence-electron chi connectivity index (χ0n) is 9.35. The zero-order valence-corrected chi connectivity index (χ0v) is 10.2. The molecule has 0 radical (unpaired) electrons. The highest BCUT2D eigenvalue weighted by molar-refractivity contribution is 7.99. The number of thioether (sulfide) groups is 1. The van der Waals surface area contributed by atoms with Crippen molar-refractivity contribution in [2.75, 3.05) is 18.6 Å². The number of carbonyl (C=O) groups is 1. The van der Waals surface area contributed by atoms with Gasteiger partial charge in [-0.2, -0.15) is 11.8 Å². The lowest BCUT2D eigenvalue weighted by Gasteiger charge is -2.27. The summed E-state index contributed by atoms with van der Waals surface area (Å²) in [6.07, 6.45) is 2.44. The summed E-state index contributed by atoms with van der Waals surface area (Å²) in [4.78, 5) is 14.0. The Bertz CT molecular complexity index is 322. The lowest BCUT2D eigenvalue weighted by Crippen LogP contribution is -2.46. The molecule has 1 saturated carbocycles. The number of nitrogens with two attached hydrogens (primary N) is 1. The van der Waals surface area contributed by atoms with Crippen LogP contribution in [0.15, 0.2) is 5.16 Å². The first-order chi connectivity index (χ1) is 7.62. The van der Waals surface area contributed by atoms with Crippen molar-refractivity contribution in [1.82, 2.24) is 4.90 Å². The van der Waals surface area contributed by atoms with E-state index >= 15 is 0 Å². The maximum Gasteiger partial charge on any atom is 0.236 e. The third-order valence-electron chi connectivity index (χ3n) is 3.53. The van der Waals surface area contributed by atoms with Crippen molar-refractivity contribution in [2.45, 2.75) is 25.3 Å². The van der Waals surface area contributed by atoms with Gasteiger partial charge in [0, 0.05) is 18.8 Å². The molecule has 16 heavy (non-hydrogen) atoms. The van der Waals surface area contributed by atoms with Crippen LogP contribution in [-0.4, -0.2) is 46.4 Å². The smallest absolute Gasteiger partial charge is 0.236 e. The Labute approximate surface area is 99.0 Å². The van der Waals surface area contributed by atoms with Crippen molar-refractivity contribution >= 4 is 23.5 Å². The van der Waals surface area contributed by atoms with Crippen LogP contribution in [0.5, 0.6) is 0 Å². The number of oxime groups is 1. The van der Waals surface area contributed by atoms with Gasteiger partial charge in [0.15, 0.2) is 5.84 Å². The van der Waals surface area contributed by atoms with Gasteiger partial charge < -0.3 is 15.8 Å². The zero-order chi connectivity index (χ0) is 11.8. The molecule has 6 heteroatoms. The molecule has 2 rings (SSSR count). The Hall–Kier alpha value is -0.910. The molecule has 2 fully saturated rings. The molecule has 0 bridgehead atoms. The van der Waals surface area contributed by atoms with Gasteiger partial charge in [0.25, 0.3) is 0 Å². The van der Waals surface area contributed by atoms with E-state index in [4.69, 9.17) is 10.9 Å². The number of amides is 1. The number of hydrogen-bond acceptors (Lipinski definition) is 4. The Kier molecular flexibility index (Phi) is 3.01. The molecule has 0 spiro atoms. The number of hydrogen-bond donors (Lipinski definition) is 2. The summed E-state index contributed by atoms with van der Waals surface area (Å²) in [6.45, 7) is 0. The molecule has 1 amide bonds. The molecule has 1 saturated heterocycles. The number of nitrogens with zero attached hydrogens (tertiary/aromatic N) is 2.